The van der Waals surface area contributed by atoms with Gasteiger partial charge in [-0.25, -0.2) is 4.79 Å². The fraction of sp³-hybridized carbons (Fsp3) is 0.385. The van der Waals surface area contributed by atoms with Crippen LogP contribution in [-0.4, -0.2) is 28.8 Å². The van der Waals surface area contributed by atoms with Gasteiger partial charge in [-0.1, -0.05) is 26.0 Å². The van der Waals surface area contributed by atoms with Gasteiger partial charge in [0.05, 0.1) is 6.42 Å². The number of hydrogen-bond donors (Lipinski definition) is 2. The van der Waals surface area contributed by atoms with Crippen LogP contribution in [0, 0.1) is 0 Å². The third-order valence-corrected chi connectivity index (χ3v) is 2.59. The molecule has 5 nitrogen and oxygen atoms in total. The monoisotopic (exact) mass is 252 g/mol. The molecule has 0 spiro atoms. The molecule has 0 heterocycles. The van der Waals surface area contributed by atoms with Crippen molar-refractivity contribution in [3.63, 3.8) is 0 Å². The van der Waals surface area contributed by atoms with Crippen molar-refractivity contribution in [2.75, 3.05) is 6.61 Å². The number of ether oxygens (including phenoxy) is 1. The summed E-state index contributed by atoms with van der Waals surface area (Å²) in [5.41, 5.74) is 0.393. The Morgan fingerprint density at radius 2 is 1.67 bits per heavy atom. The lowest BCUT2D eigenvalue weighted by Crippen LogP contribution is -2.21. The van der Waals surface area contributed by atoms with Gasteiger partial charge in [-0.05, 0) is 17.7 Å². The van der Waals surface area contributed by atoms with Crippen molar-refractivity contribution in [3.8, 4) is 5.75 Å². The maximum absolute atomic E-state index is 10.7. The summed E-state index contributed by atoms with van der Waals surface area (Å²) < 4.78 is 5.00. The fourth-order valence-corrected chi connectivity index (χ4v) is 1.63. The molecule has 0 bridgehead atoms. The second kappa shape index (κ2) is 5.53. The number of carbonyl (C=O) groups is 2. The smallest absolute Gasteiger partial charge is 0.341 e. The number of hydrogen-bond acceptors (Lipinski definition) is 3. The van der Waals surface area contributed by atoms with Gasteiger partial charge < -0.3 is 14.9 Å². The molecule has 1 rings (SSSR count). The molecule has 0 aliphatic rings. The lowest BCUT2D eigenvalue weighted by Gasteiger charge is -2.23. The van der Waals surface area contributed by atoms with E-state index in [0.717, 1.165) is 5.56 Å². The Bertz CT molecular complexity index is 433. The Hall–Kier alpha value is -2.04. The Morgan fingerprint density at radius 1 is 1.11 bits per heavy atom. The maximum Gasteiger partial charge on any atom is 0.341 e. The van der Waals surface area contributed by atoms with Crippen molar-refractivity contribution in [3.05, 3.63) is 29.8 Å². The molecule has 18 heavy (non-hydrogen) atoms. The van der Waals surface area contributed by atoms with Gasteiger partial charge in [0.15, 0.2) is 6.61 Å². The quantitative estimate of drug-likeness (QED) is 0.807. The Balaban J connectivity index is 2.75. The molecule has 0 saturated carbocycles. The summed E-state index contributed by atoms with van der Waals surface area (Å²) in [7, 11) is 0. The molecule has 0 radical (unpaired) electrons. The maximum atomic E-state index is 10.7. The highest BCUT2D eigenvalue weighted by Crippen LogP contribution is 2.28. The van der Waals surface area contributed by atoms with Gasteiger partial charge in [0.1, 0.15) is 5.75 Å². The lowest BCUT2D eigenvalue weighted by molar-refractivity contribution is -0.139. The van der Waals surface area contributed by atoms with E-state index >= 15 is 0 Å². The van der Waals surface area contributed by atoms with Gasteiger partial charge in [0, 0.05) is 5.41 Å². The van der Waals surface area contributed by atoms with Gasteiger partial charge in [-0.15, -0.1) is 0 Å². The SMILES string of the molecule is CC(C)(CC(=O)O)c1ccc(OCC(=O)O)cc1. The topological polar surface area (TPSA) is 83.8 Å². The zero-order chi connectivity index (χ0) is 13.8. The molecule has 1 aromatic rings. The van der Waals surface area contributed by atoms with Crippen molar-refractivity contribution < 1.29 is 24.5 Å². The van der Waals surface area contributed by atoms with Gasteiger partial charge in [0.2, 0.25) is 0 Å². The van der Waals surface area contributed by atoms with Gasteiger partial charge in [0.25, 0.3) is 0 Å². The average Bonchev–Trinajstić information content (AvgIpc) is 2.25. The summed E-state index contributed by atoms with van der Waals surface area (Å²) in [5, 5.41) is 17.3. The van der Waals surface area contributed by atoms with Crippen LogP contribution in [0.3, 0.4) is 0 Å². The number of aliphatic carboxylic acids is 2. The van der Waals surface area contributed by atoms with Gasteiger partial charge >= 0.3 is 11.9 Å². The van der Waals surface area contributed by atoms with E-state index in [1.165, 1.54) is 0 Å². The van der Waals surface area contributed by atoms with E-state index in [-0.39, 0.29) is 6.42 Å². The predicted octanol–water partition coefficient (Wildman–Crippen LogP) is 1.90. The molecule has 2 N–H and O–H groups in total. The second-order valence-electron chi connectivity index (χ2n) is 4.66. The Kier molecular flexibility index (Phi) is 4.31. The standard InChI is InChI=1S/C13H16O5/c1-13(2,7-11(14)15)9-3-5-10(6-4-9)18-8-12(16)17/h3-6H,7-8H2,1-2H3,(H,14,15)(H,16,17). The highest BCUT2D eigenvalue weighted by Gasteiger charge is 2.23. The molecule has 0 amide bonds. The molecular weight excluding hydrogens is 236 g/mol. The minimum atomic E-state index is -1.04. The van der Waals surface area contributed by atoms with E-state index in [0.29, 0.717) is 5.75 Å². The summed E-state index contributed by atoms with van der Waals surface area (Å²) in [5.74, 6) is -1.44. The van der Waals surface area contributed by atoms with Gasteiger partial charge in [-0.3, -0.25) is 4.79 Å². The predicted molar refractivity (Wildman–Crippen MR) is 64.9 cm³/mol. The lowest BCUT2D eigenvalue weighted by atomic mass is 9.82. The average molecular weight is 252 g/mol. The van der Waals surface area contributed by atoms with Crippen LogP contribution < -0.4 is 4.74 Å². The zero-order valence-electron chi connectivity index (χ0n) is 10.3. The van der Waals surface area contributed by atoms with E-state index in [1.807, 2.05) is 13.8 Å². The van der Waals surface area contributed by atoms with Crippen LogP contribution in [0.15, 0.2) is 24.3 Å². The number of rotatable bonds is 6. The first-order valence-corrected chi connectivity index (χ1v) is 5.48. The number of benzene rings is 1. The normalized spacial score (nSPS) is 11.0. The van der Waals surface area contributed by atoms with Crippen molar-refractivity contribution in [2.45, 2.75) is 25.7 Å². The molecule has 5 heteroatoms. The molecule has 0 aromatic heterocycles. The summed E-state index contributed by atoms with van der Waals surface area (Å²) in [6, 6.07) is 6.78. The highest BCUT2D eigenvalue weighted by atomic mass is 16.5. The van der Waals surface area contributed by atoms with Crippen LogP contribution >= 0.6 is 0 Å². The Morgan fingerprint density at radius 3 is 2.11 bits per heavy atom. The second-order valence-corrected chi connectivity index (χ2v) is 4.66. The van der Waals surface area contributed by atoms with Crippen LogP contribution in [0.1, 0.15) is 25.8 Å². The van der Waals surface area contributed by atoms with E-state index in [2.05, 4.69) is 0 Å². The van der Waals surface area contributed by atoms with Crippen LogP contribution in [0.4, 0.5) is 0 Å². The number of carboxylic acids is 2. The molecular formula is C13H16O5. The summed E-state index contributed by atoms with van der Waals surface area (Å²) in [4.78, 5) is 21.1. The first-order valence-electron chi connectivity index (χ1n) is 5.48. The number of carboxylic acid groups (broad SMARTS) is 2. The minimum absolute atomic E-state index is 0.0301. The van der Waals surface area contributed by atoms with Gasteiger partial charge in [-0.2, -0.15) is 0 Å². The van der Waals surface area contributed by atoms with Crippen molar-refractivity contribution in [1.82, 2.24) is 0 Å². The van der Waals surface area contributed by atoms with Crippen LogP contribution in [0.2, 0.25) is 0 Å². The summed E-state index contributed by atoms with van der Waals surface area (Å²) in [6.07, 6.45) is 0.0301. The molecule has 0 aliphatic heterocycles. The van der Waals surface area contributed by atoms with Crippen LogP contribution in [0.25, 0.3) is 0 Å². The van der Waals surface area contributed by atoms with E-state index in [4.69, 9.17) is 14.9 Å². The molecule has 0 aliphatic carbocycles. The molecule has 0 saturated heterocycles. The first-order chi connectivity index (χ1) is 8.31. The van der Waals surface area contributed by atoms with E-state index in [9.17, 15) is 9.59 Å². The first kappa shape index (κ1) is 14.0. The Labute approximate surface area is 105 Å². The summed E-state index contributed by atoms with van der Waals surface area (Å²) >= 11 is 0. The highest BCUT2D eigenvalue weighted by molar-refractivity contribution is 5.69. The van der Waals surface area contributed by atoms with E-state index in [1.54, 1.807) is 24.3 Å². The van der Waals surface area contributed by atoms with E-state index < -0.39 is 24.0 Å². The van der Waals surface area contributed by atoms with Crippen molar-refractivity contribution >= 4 is 11.9 Å². The van der Waals surface area contributed by atoms with Crippen LogP contribution in [0.5, 0.6) is 5.75 Å². The summed E-state index contributed by atoms with van der Waals surface area (Å²) in [6.45, 7) is 3.29. The minimum Gasteiger partial charge on any atom is -0.482 e. The van der Waals surface area contributed by atoms with Crippen LogP contribution in [-0.2, 0) is 15.0 Å². The molecule has 0 unspecified atom stereocenters. The van der Waals surface area contributed by atoms with Crippen molar-refractivity contribution in [1.29, 1.82) is 0 Å². The molecule has 98 valence electrons. The largest absolute Gasteiger partial charge is 0.482 e. The third kappa shape index (κ3) is 4.08. The molecule has 0 atom stereocenters. The zero-order valence-corrected chi connectivity index (χ0v) is 10.3. The van der Waals surface area contributed by atoms with Crippen molar-refractivity contribution in [2.24, 2.45) is 0 Å². The molecule has 1 aromatic carbocycles. The molecule has 0 fully saturated rings. The fourth-order valence-electron chi connectivity index (χ4n) is 1.63. The third-order valence-electron chi connectivity index (χ3n) is 2.59.